The SMILES string of the molecule is Clc1ccccc1C(c1ccc2c(c1)CCC(Cl)C2)n1ccnc1. The van der Waals surface area contributed by atoms with Crippen LogP contribution in [0.5, 0.6) is 0 Å². The fourth-order valence-corrected chi connectivity index (χ4v) is 4.05. The van der Waals surface area contributed by atoms with Crippen LogP contribution in [0.1, 0.15) is 34.7 Å². The summed E-state index contributed by atoms with van der Waals surface area (Å²) in [6, 6.07) is 14.8. The maximum absolute atomic E-state index is 6.50. The molecule has 0 saturated carbocycles. The number of hydrogen-bond acceptors (Lipinski definition) is 1. The normalized spacial score (nSPS) is 18.2. The fourth-order valence-electron chi connectivity index (χ4n) is 3.53. The zero-order valence-electron chi connectivity index (χ0n) is 13.2. The number of imidazole rings is 1. The van der Waals surface area contributed by atoms with Crippen LogP contribution < -0.4 is 0 Å². The molecule has 1 aromatic heterocycles. The summed E-state index contributed by atoms with van der Waals surface area (Å²) in [4.78, 5) is 4.22. The Balaban J connectivity index is 1.82. The number of fused-ring (bicyclic) bond motifs is 1. The maximum atomic E-state index is 6.50. The van der Waals surface area contributed by atoms with Gasteiger partial charge in [-0.25, -0.2) is 4.98 Å². The first-order valence-electron chi connectivity index (χ1n) is 8.20. The van der Waals surface area contributed by atoms with Gasteiger partial charge >= 0.3 is 0 Å². The van der Waals surface area contributed by atoms with Crippen molar-refractivity contribution in [3.05, 3.63) is 88.5 Å². The Labute approximate surface area is 152 Å². The van der Waals surface area contributed by atoms with Crippen molar-refractivity contribution in [2.24, 2.45) is 0 Å². The number of hydrogen-bond donors (Lipinski definition) is 0. The van der Waals surface area contributed by atoms with Gasteiger partial charge in [-0.05, 0) is 47.6 Å². The molecule has 1 heterocycles. The van der Waals surface area contributed by atoms with Crippen LogP contribution in [0.4, 0.5) is 0 Å². The van der Waals surface area contributed by atoms with Crippen molar-refractivity contribution in [3.63, 3.8) is 0 Å². The van der Waals surface area contributed by atoms with E-state index in [9.17, 15) is 0 Å². The van der Waals surface area contributed by atoms with E-state index in [1.807, 2.05) is 30.7 Å². The molecular weight excluding hydrogens is 339 g/mol. The number of benzene rings is 2. The molecule has 4 rings (SSSR count). The van der Waals surface area contributed by atoms with Crippen molar-refractivity contribution < 1.29 is 0 Å². The minimum Gasteiger partial charge on any atom is -0.326 e. The fraction of sp³-hybridized carbons (Fsp3) is 0.250. The third-order valence-electron chi connectivity index (χ3n) is 4.74. The molecule has 2 aromatic carbocycles. The van der Waals surface area contributed by atoms with Crippen LogP contribution in [0.25, 0.3) is 0 Å². The molecule has 0 radical (unpaired) electrons. The van der Waals surface area contributed by atoms with E-state index in [-0.39, 0.29) is 11.4 Å². The number of aromatic nitrogens is 2. The Morgan fingerprint density at radius 2 is 2.00 bits per heavy atom. The van der Waals surface area contributed by atoms with Gasteiger partial charge < -0.3 is 4.57 Å². The second-order valence-corrected chi connectivity index (χ2v) is 7.33. The Kier molecular flexibility index (Phi) is 4.34. The molecule has 0 aliphatic heterocycles. The Morgan fingerprint density at radius 3 is 2.79 bits per heavy atom. The number of halogens is 2. The third-order valence-corrected chi connectivity index (χ3v) is 5.45. The summed E-state index contributed by atoms with van der Waals surface area (Å²) in [6.45, 7) is 0. The summed E-state index contributed by atoms with van der Waals surface area (Å²) in [5.74, 6) is 0. The second-order valence-electron chi connectivity index (χ2n) is 6.30. The van der Waals surface area contributed by atoms with Crippen LogP contribution in [-0.2, 0) is 12.8 Å². The summed E-state index contributed by atoms with van der Waals surface area (Å²) in [5.41, 5.74) is 5.09. The minimum absolute atomic E-state index is 0.0280. The van der Waals surface area contributed by atoms with Crippen molar-refractivity contribution in [3.8, 4) is 0 Å². The minimum atomic E-state index is 0.0280. The molecular formula is C20H18Cl2N2. The van der Waals surface area contributed by atoms with E-state index in [0.717, 1.165) is 29.8 Å². The molecule has 1 aliphatic rings. The van der Waals surface area contributed by atoms with Crippen LogP contribution in [0.2, 0.25) is 5.02 Å². The first-order valence-corrected chi connectivity index (χ1v) is 9.01. The van der Waals surface area contributed by atoms with Gasteiger partial charge in [-0.2, -0.15) is 0 Å². The van der Waals surface area contributed by atoms with E-state index in [1.54, 1.807) is 6.20 Å². The standard InChI is InChI=1S/C20H18Cl2N2/c21-17-8-7-14-11-16(6-5-15(14)12-17)20(24-10-9-23-13-24)18-3-1-2-4-19(18)22/h1-6,9-11,13,17,20H,7-8,12H2. The number of nitrogens with zero attached hydrogens (tertiary/aromatic N) is 2. The van der Waals surface area contributed by atoms with Crippen LogP contribution in [0, 0.1) is 0 Å². The molecule has 4 heteroatoms. The highest BCUT2D eigenvalue weighted by Crippen LogP contribution is 2.34. The lowest BCUT2D eigenvalue weighted by Gasteiger charge is -2.25. The lowest BCUT2D eigenvalue weighted by atomic mass is 9.87. The van der Waals surface area contributed by atoms with Gasteiger partial charge in [0.05, 0.1) is 12.4 Å². The molecule has 24 heavy (non-hydrogen) atoms. The highest BCUT2D eigenvalue weighted by Gasteiger charge is 2.22. The van der Waals surface area contributed by atoms with Gasteiger partial charge in [0, 0.05) is 22.8 Å². The number of rotatable bonds is 3. The Morgan fingerprint density at radius 1 is 1.12 bits per heavy atom. The van der Waals surface area contributed by atoms with Crippen molar-refractivity contribution in [2.45, 2.75) is 30.7 Å². The van der Waals surface area contributed by atoms with Gasteiger partial charge in [-0.3, -0.25) is 0 Å². The molecule has 122 valence electrons. The first-order chi connectivity index (χ1) is 11.7. The van der Waals surface area contributed by atoms with Crippen LogP contribution in [0.15, 0.2) is 61.2 Å². The summed E-state index contributed by atoms with van der Waals surface area (Å²) >= 11 is 12.8. The maximum Gasteiger partial charge on any atom is 0.0954 e. The average molecular weight is 357 g/mol. The Hall–Kier alpha value is -1.77. The topological polar surface area (TPSA) is 17.8 Å². The van der Waals surface area contributed by atoms with Gasteiger partial charge in [0.1, 0.15) is 0 Å². The molecule has 0 spiro atoms. The van der Waals surface area contributed by atoms with Gasteiger partial charge in [-0.15, -0.1) is 11.6 Å². The lowest BCUT2D eigenvalue weighted by Crippen LogP contribution is -2.16. The zero-order valence-corrected chi connectivity index (χ0v) is 14.7. The van der Waals surface area contributed by atoms with E-state index >= 15 is 0 Å². The quantitative estimate of drug-likeness (QED) is 0.584. The molecule has 0 bridgehead atoms. The van der Waals surface area contributed by atoms with Crippen LogP contribution in [-0.4, -0.2) is 14.9 Å². The van der Waals surface area contributed by atoms with Crippen LogP contribution in [0.3, 0.4) is 0 Å². The Bertz CT molecular complexity index is 843. The third kappa shape index (κ3) is 2.97. The van der Waals surface area contributed by atoms with E-state index in [4.69, 9.17) is 23.2 Å². The van der Waals surface area contributed by atoms with Crippen LogP contribution >= 0.6 is 23.2 Å². The molecule has 2 atom stereocenters. The first kappa shape index (κ1) is 15.7. The predicted octanol–water partition coefficient (Wildman–Crippen LogP) is 5.27. The number of aryl methyl sites for hydroxylation is 1. The van der Waals surface area contributed by atoms with Gasteiger partial charge in [-0.1, -0.05) is 48.0 Å². The smallest absolute Gasteiger partial charge is 0.0954 e. The largest absolute Gasteiger partial charge is 0.326 e. The lowest BCUT2D eigenvalue weighted by molar-refractivity contribution is 0.663. The van der Waals surface area contributed by atoms with Gasteiger partial charge in [0.2, 0.25) is 0 Å². The van der Waals surface area contributed by atoms with Crippen molar-refractivity contribution in [2.75, 3.05) is 0 Å². The monoisotopic (exact) mass is 356 g/mol. The van der Waals surface area contributed by atoms with E-state index in [1.165, 1.54) is 16.7 Å². The molecule has 3 aromatic rings. The average Bonchev–Trinajstić information content (AvgIpc) is 3.11. The van der Waals surface area contributed by atoms with E-state index < -0.39 is 0 Å². The second kappa shape index (κ2) is 6.62. The predicted molar refractivity (Wildman–Crippen MR) is 99.0 cm³/mol. The molecule has 2 nitrogen and oxygen atoms in total. The number of alkyl halides is 1. The molecule has 0 saturated heterocycles. The van der Waals surface area contributed by atoms with E-state index in [0.29, 0.717) is 0 Å². The van der Waals surface area contributed by atoms with Gasteiger partial charge in [0.25, 0.3) is 0 Å². The van der Waals surface area contributed by atoms with Gasteiger partial charge in [0.15, 0.2) is 0 Å². The molecule has 0 N–H and O–H groups in total. The summed E-state index contributed by atoms with van der Waals surface area (Å²) < 4.78 is 2.11. The summed E-state index contributed by atoms with van der Waals surface area (Å²) in [5, 5.41) is 1.03. The molecule has 2 unspecified atom stereocenters. The highest BCUT2D eigenvalue weighted by atomic mass is 35.5. The molecule has 0 amide bonds. The highest BCUT2D eigenvalue weighted by molar-refractivity contribution is 6.31. The van der Waals surface area contributed by atoms with Crippen molar-refractivity contribution in [1.29, 1.82) is 0 Å². The van der Waals surface area contributed by atoms with Crippen molar-refractivity contribution in [1.82, 2.24) is 9.55 Å². The summed E-state index contributed by atoms with van der Waals surface area (Å²) in [6.07, 6.45) is 8.68. The summed E-state index contributed by atoms with van der Waals surface area (Å²) in [7, 11) is 0. The van der Waals surface area contributed by atoms with Crippen molar-refractivity contribution >= 4 is 23.2 Å². The molecule has 1 aliphatic carbocycles. The van der Waals surface area contributed by atoms with E-state index in [2.05, 4.69) is 33.8 Å². The molecule has 0 fully saturated rings. The zero-order chi connectivity index (χ0) is 16.5.